The third kappa shape index (κ3) is 7.40. The molecular weight excluding hydrogens is 443 g/mol. The van der Waals surface area contributed by atoms with Crippen molar-refractivity contribution in [1.82, 2.24) is 10.0 Å². The number of hydrogen-bond acceptors (Lipinski definition) is 4. The Morgan fingerprint density at radius 2 is 1.58 bits per heavy atom. The molecule has 0 aliphatic carbocycles. The molecule has 6 nitrogen and oxygen atoms in total. The van der Waals surface area contributed by atoms with E-state index >= 15 is 0 Å². The van der Waals surface area contributed by atoms with Gasteiger partial charge in [-0.15, -0.1) is 0 Å². The maximum atomic E-state index is 13.1. The van der Waals surface area contributed by atoms with Crippen LogP contribution < -0.4 is 14.8 Å². The molecule has 0 atom stereocenters. The van der Waals surface area contributed by atoms with Crippen molar-refractivity contribution in [2.24, 2.45) is 0 Å². The number of halogens is 1. The molecule has 3 rings (SSSR count). The van der Waals surface area contributed by atoms with Crippen LogP contribution in [0.15, 0.2) is 72.8 Å². The SMILES string of the molecule is CC(C)NS(=O)(=O)Cc1ccccc1CNC(=O)c1ccccc1OCc1ccc(F)cc1. The summed E-state index contributed by atoms with van der Waals surface area (Å²) < 4.78 is 46.1. The number of rotatable bonds is 10. The summed E-state index contributed by atoms with van der Waals surface area (Å²) in [4.78, 5) is 12.9. The molecule has 2 N–H and O–H groups in total. The van der Waals surface area contributed by atoms with Crippen LogP contribution in [0.4, 0.5) is 4.39 Å². The largest absolute Gasteiger partial charge is 0.488 e. The van der Waals surface area contributed by atoms with Crippen LogP contribution in [0, 0.1) is 5.82 Å². The first-order valence-electron chi connectivity index (χ1n) is 10.5. The highest BCUT2D eigenvalue weighted by Gasteiger charge is 2.17. The second kappa shape index (κ2) is 11.1. The van der Waals surface area contributed by atoms with Crippen molar-refractivity contribution in [2.45, 2.75) is 38.8 Å². The van der Waals surface area contributed by atoms with Gasteiger partial charge in [-0.2, -0.15) is 0 Å². The van der Waals surface area contributed by atoms with E-state index in [9.17, 15) is 17.6 Å². The van der Waals surface area contributed by atoms with E-state index in [-0.39, 0.29) is 36.7 Å². The van der Waals surface area contributed by atoms with Gasteiger partial charge >= 0.3 is 0 Å². The molecule has 0 spiro atoms. The van der Waals surface area contributed by atoms with E-state index in [0.717, 1.165) is 5.56 Å². The lowest BCUT2D eigenvalue weighted by Gasteiger charge is -2.14. The number of ether oxygens (including phenoxy) is 1. The molecule has 1 amide bonds. The quantitative estimate of drug-likeness (QED) is 0.466. The molecule has 0 fully saturated rings. The molecule has 174 valence electrons. The first-order chi connectivity index (χ1) is 15.7. The van der Waals surface area contributed by atoms with E-state index < -0.39 is 10.0 Å². The summed E-state index contributed by atoms with van der Waals surface area (Å²) in [6.07, 6.45) is 0. The Morgan fingerprint density at radius 1 is 0.939 bits per heavy atom. The summed E-state index contributed by atoms with van der Waals surface area (Å²) in [7, 11) is -3.50. The summed E-state index contributed by atoms with van der Waals surface area (Å²) in [5.41, 5.74) is 2.46. The molecule has 0 aromatic heterocycles. The minimum Gasteiger partial charge on any atom is -0.488 e. The van der Waals surface area contributed by atoms with E-state index in [4.69, 9.17) is 4.74 Å². The number of carbonyl (C=O) groups excluding carboxylic acids is 1. The number of nitrogens with one attached hydrogen (secondary N) is 2. The van der Waals surface area contributed by atoms with E-state index in [1.807, 2.05) is 0 Å². The molecular formula is C25H27FN2O4S. The van der Waals surface area contributed by atoms with Gasteiger partial charge in [0.05, 0.1) is 11.3 Å². The van der Waals surface area contributed by atoms with Crippen LogP contribution >= 0.6 is 0 Å². The average molecular weight is 471 g/mol. The number of hydrogen-bond donors (Lipinski definition) is 2. The molecule has 0 saturated heterocycles. The van der Waals surface area contributed by atoms with Crippen LogP contribution in [0.25, 0.3) is 0 Å². The molecule has 0 aliphatic heterocycles. The van der Waals surface area contributed by atoms with E-state index in [2.05, 4.69) is 10.0 Å². The predicted molar refractivity (Wildman–Crippen MR) is 126 cm³/mol. The number of sulfonamides is 1. The molecule has 0 heterocycles. The fourth-order valence-electron chi connectivity index (χ4n) is 3.27. The summed E-state index contributed by atoms with van der Waals surface area (Å²) in [6, 6.07) is 19.7. The van der Waals surface area contributed by atoms with Crippen LogP contribution in [-0.4, -0.2) is 20.4 Å². The molecule has 3 aromatic rings. The lowest BCUT2D eigenvalue weighted by molar-refractivity contribution is 0.0946. The first kappa shape index (κ1) is 24.4. The summed E-state index contributed by atoms with van der Waals surface area (Å²) >= 11 is 0. The zero-order valence-corrected chi connectivity index (χ0v) is 19.4. The van der Waals surface area contributed by atoms with E-state index in [0.29, 0.717) is 22.4 Å². The fourth-order valence-corrected chi connectivity index (χ4v) is 4.76. The molecule has 3 aromatic carbocycles. The number of benzene rings is 3. The van der Waals surface area contributed by atoms with Crippen molar-refractivity contribution in [3.63, 3.8) is 0 Å². The summed E-state index contributed by atoms with van der Waals surface area (Å²) in [5, 5.41) is 2.84. The molecule has 33 heavy (non-hydrogen) atoms. The van der Waals surface area contributed by atoms with Crippen molar-refractivity contribution < 1.29 is 22.3 Å². The Kier molecular flexibility index (Phi) is 8.19. The lowest BCUT2D eigenvalue weighted by atomic mass is 10.1. The monoisotopic (exact) mass is 470 g/mol. The standard InChI is InChI=1S/C25H27FN2O4S/c1-18(2)28-33(30,31)17-21-8-4-3-7-20(21)15-27-25(29)23-9-5-6-10-24(23)32-16-19-11-13-22(26)14-12-19/h3-14,18,28H,15-17H2,1-2H3,(H,27,29). The Bertz CT molecular complexity index is 1200. The molecule has 0 unspecified atom stereocenters. The van der Waals surface area contributed by atoms with Crippen molar-refractivity contribution in [1.29, 1.82) is 0 Å². The topological polar surface area (TPSA) is 84.5 Å². The average Bonchev–Trinajstić information content (AvgIpc) is 2.77. The van der Waals surface area contributed by atoms with E-state index in [1.54, 1.807) is 74.5 Å². The maximum absolute atomic E-state index is 13.1. The molecule has 0 saturated carbocycles. The van der Waals surface area contributed by atoms with Gasteiger partial charge < -0.3 is 10.1 Å². The second-order valence-corrected chi connectivity index (χ2v) is 9.65. The molecule has 0 radical (unpaired) electrons. The highest BCUT2D eigenvalue weighted by Crippen LogP contribution is 2.20. The van der Waals surface area contributed by atoms with Gasteiger partial charge in [-0.25, -0.2) is 17.5 Å². The Morgan fingerprint density at radius 3 is 2.27 bits per heavy atom. The summed E-state index contributed by atoms with van der Waals surface area (Å²) in [6.45, 7) is 3.88. The first-order valence-corrected chi connectivity index (χ1v) is 12.2. The highest BCUT2D eigenvalue weighted by atomic mass is 32.2. The van der Waals surface area contributed by atoms with E-state index in [1.165, 1.54) is 12.1 Å². The Hall–Kier alpha value is -3.23. The van der Waals surface area contributed by atoms with Crippen molar-refractivity contribution in [3.05, 3.63) is 101 Å². The Balaban J connectivity index is 1.68. The zero-order valence-electron chi connectivity index (χ0n) is 18.5. The third-order valence-electron chi connectivity index (χ3n) is 4.76. The number of amides is 1. The predicted octanol–water partition coefficient (Wildman–Crippen LogP) is 4.16. The van der Waals surface area contributed by atoms with Gasteiger partial charge in [0.25, 0.3) is 5.91 Å². The van der Waals surface area contributed by atoms with Gasteiger partial charge in [-0.1, -0.05) is 48.5 Å². The third-order valence-corrected chi connectivity index (χ3v) is 6.28. The minimum atomic E-state index is -3.50. The van der Waals surface area contributed by atoms with Crippen LogP contribution in [0.5, 0.6) is 5.75 Å². The van der Waals surface area contributed by atoms with Gasteiger partial charge in [-0.3, -0.25) is 4.79 Å². The number of para-hydroxylation sites is 1. The van der Waals surface area contributed by atoms with Crippen molar-refractivity contribution in [2.75, 3.05) is 0 Å². The molecule has 0 aliphatic rings. The number of carbonyl (C=O) groups is 1. The zero-order chi connectivity index (χ0) is 23.8. The van der Waals surface area contributed by atoms with Crippen molar-refractivity contribution in [3.8, 4) is 5.75 Å². The van der Waals surface area contributed by atoms with Gasteiger partial charge in [0.1, 0.15) is 18.2 Å². The van der Waals surface area contributed by atoms with Gasteiger partial charge in [-0.05, 0) is 54.8 Å². The second-order valence-electron chi connectivity index (χ2n) is 7.89. The van der Waals surface area contributed by atoms with Crippen LogP contribution in [0.2, 0.25) is 0 Å². The fraction of sp³-hybridized carbons (Fsp3) is 0.240. The van der Waals surface area contributed by atoms with Gasteiger partial charge in [0.15, 0.2) is 0 Å². The molecule has 8 heteroatoms. The normalized spacial score (nSPS) is 11.4. The molecule has 0 bridgehead atoms. The smallest absolute Gasteiger partial charge is 0.255 e. The van der Waals surface area contributed by atoms with Gasteiger partial charge in [0, 0.05) is 12.6 Å². The highest BCUT2D eigenvalue weighted by molar-refractivity contribution is 7.88. The minimum absolute atomic E-state index is 0.165. The lowest BCUT2D eigenvalue weighted by Crippen LogP contribution is -2.32. The van der Waals surface area contributed by atoms with Gasteiger partial charge in [0.2, 0.25) is 10.0 Å². The maximum Gasteiger partial charge on any atom is 0.255 e. The van der Waals surface area contributed by atoms with Crippen LogP contribution in [-0.2, 0) is 28.9 Å². The van der Waals surface area contributed by atoms with Crippen LogP contribution in [0.1, 0.15) is 40.9 Å². The van der Waals surface area contributed by atoms with Crippen LogP contribution in [0.3, 0.4) is 0 Å². The van der Waals surface area contributed by atoms with Crippen molar-refractivity contribution >= 4 is 15.9 Å². The summed E-state index contributed by atoms with van der Waals surface area (Å²) in [5.74, 6) is -0.445. The Labute approximate surface area is 193 Å².